The fourth-order valence-electron chi connectivity index (χ4n) is 3.26. The van der Waals surface area contributed by atoms with E-state index < -0.39 is 54.2 Å². The van der Waals surface area contributed by atoms with Gasteiger partial charge < -0.3 is 25.4 Å². The number of alkyl carbamates (subject to hydrolysis) is 1. The second-order valence-corrected chi connectivity index (χ2v) is 7.81. The van der Waals surface area contributed by atoms with Gasteiger partial charge in [0.25, 0.3) is 0 Å². The first-order valence-electron chi connectivity index (χ1n) is 9.51. The van der Waals surface area contributed by atoms with Gasteiger partial charge in [0.05, 0.1) is 13.2 Å². The van der Waals surface area contributed by atoms with Crippen LogP contribution in [0.3, 0.4) is 0 Å². The lowest BCUT2D eigenvalue weighted by molar-refractivity contribution is -0.215. The second kappa shape index (κ2) is 10.1. The van der Waals surface area contributed by atoms with Crippen LogP contribution < -0.4 is 10.6 Å². The monoisotopic (exact) mass is 425 g/mol. The lowest BCUT2D eigenvalue weighted by atomic mass is 9.97. The van der Waals surface area contributed by atoms with E-state index in [1.54, 1.807) is 13.8 Å². The zero-order valence-corrected chi connectivity index (χ0v) is 17.2. The molecular formula is C18H30F3N3O5. The van der Waals surface area contributed by atoms with Crippen molar-refractivity contribution in [1.82, 2.24) is 15.5 Å². The number of aliphatic hydroxyl groups is 1. The molecule has 0 aliphatic carbocycles. The minimum atomic E-state index is -4.89. The fourth-order valence-corrected chi connectivity index (χ4v) is 3.26. The summed E-state index contributed by atoms with van der Waals surface area (Å²) in [5.41, 5.74) is 0. The number of halogens is 3. The summed E-state index contributed by atoms with van der Waals surface area (Å²) < 4.78 is 43.3. The van der Waals surface area contributed by atoms with Crippen molar-refractivity contribution in [3.63, 3.8) is 0 Å². The summed E-state index contributed by atoms with van der Waals surface area (Å²) in [6, 6.07) is -3.48. The molecule has 1 fully saturated rings. The van der Waals surface area contributed by atoms with Crippen molar-refractivity contribution in [1.29, 1.82) is 0 Å². The maximum Gasteiger partial charge on any atom is 0.416 e. The number of likely N-dealkylation sites (tertiary alicyclic amines) is 1. The maximum absolute atomic E-state index is 12.9. The number of rotatable bonds is 7. The van der Waals surface area contributed by atoms with E-state index >= 15 is 0 Å². The Morgan fingerprint density at radius 3 is 2.14 bits per heavy atom. The van der Waals surface area contributed by atoms with Crippen LogP contribution in [0.25, 0.3) is 0 Å². The molecule has 168 valence electrons. The molecular weight excluding hydrogens is 395 g/mol. The molecule has 3 N–H and O–H groups in total. The van der Waals surface area contributed by atoms with Gasteiger partial charge in [-0.3, -0.25) is 9.59 Å². The molecule has 29 heavy (non-hydrogen) atoms. The summed E-state index contributed by atoms with van der Waals surface area (Å²) in [7, 11) is 1.15. The lowest BCUT2D eigenvalue weighted by Crippen LogP contribution is -2.59. The predicted molar refractivity (Wildman–Crippen MR) is 97.7 cm³/mol. The molecule has 11 heteroatoms. The molecule has 0 aromatic carbocycles. The van der Waals surface area contributed by atoms with Gasteiger partial charge in [-0.1, -0.05) is 27.7 Å². The summed E-state index contributed by atoms with van der Waals surface area (Å²) in [4.78, 5) is 38.4. The molecule has 0 spiro atoms. The van der Waals surface area contributed by atoms with Gasteiger partial charge in [0.15, 0.2) is 6.10 Å². The average Bonchev–Trinajstić information content (AvgIpc) is 3.11. The van der Waals surface area contributed by atoms with Crippen LogP contribution in [0.15, 0.2) is 0 Å². The normalized spacial score (nSPS) is 20.4. The Balaban J connectivity index is 2.97. The highest BCUT2D eigenvalue weighted by Crippen LogP contribution is 2.26. The number of alkyl halides is 3. The highest BCUT2D eigenvalue weighted by molar-refractivity contribution is 5.92. The summed E-state index contributed by atoms with van der Waals surface area (Å²) in [6.07, 6.45) is -7.65. The number of methoxy groups -OCH3 is 1. The highest BCUT2D eigenvalue weighted by Gasteiger charge is 2.46. The zero-order valence-electron chi connectivity index (χ0n) is 17.2. The molecule has 4 atom stereocenters. The Morgan fingerprint density at radius 1 is 1.10 bits per heavy atom. The number of carbonyl (C=O) groups excluding carboxylic acids is 3. The third-order valence-corrected chi connectivity index (χ3v) is 4.93. The number of nitrogens with zero attached hydrogens (tertiary/aromatic N) is 1. The van der Waals surface area contributed by atoms with Gasteiger partial charge in [-0.15, -0.1) is 0 Å². The van der Waals surface area contributed by atoms with E-state index in [1.807, 2.05) is 0 Å². The third kappa shape index (κ3) is 6.48. The van der Waals surface area contributed by atoms with Crippen LogP contribution in [0.5, 0.6) is 0 Å². The number of hydrogen-bond donors (Lipinski definition) is 3. The van der Waals surface area contributed by atoms with Crippen LogP contribution in [0.2, 0.25) is 0 Å². The van der Waals surface area contributed by atoms with Crippen LogP contribution in [-0.2, 0) is 14.3 Å². The van der Waals surface area contributed by atoms with E-state index in [0.29, 0.717) is 6.42 Å². The van der Waals surface area contributed by atoms with Crippen molar-refractivity contribution in [3.05, 3.63) is 0 Å². The number of carbonyl (C=O) groups is 3. The molecule has 0 saturated carbocycles. The molecule has 0 aromatic rings. The van der Waals surface area contributed by atoms with E-state index in [9.17, 15) is 32.7 Å². The number of aliphatic hydroxyl groups excluding tert-OH is 1. The smallest absolute Gasteiger partial charge is 0.416 e. The van der Waals surface area contributed by atoms with Crippen LogP contribution in [0.4, 0.5) is 18.0 Å². The number of ether oxygens (including phenoxy) is 1. The number of amides is 3. The second-order valence-electron chi connectivity index (χ2n) is 7.81. The SMILES string of the molecule is COC(=O)NC(C(=O)N1CCC[C@H]1C(=O)N[C@H](C(C)C)C(O)C(F)(F)F)C(C)C. The van der Waals surface area contributed by atoms with Crippen molar-refractivity contribution < 1.29 is 37.4 Å². The molecule has 3 amide bonds. The zero-order chi connectivity index (χ0) is 22.5. The quantitative estimate of drug-likeness (QED) is 0.572. The van der Waals surface area contributed by atoms with Gasteiger partial charge in [-0.2, -0.15) is 13.2 Å². The van der Waals surface area contributed by atoms with Crippen molar-refractivity contribution in [3.8, 4) is 0 Å². The molecule has 1 rings (SSSR count). The van der Waals surface area contributed by atoms with Gasteiger partial charge in [-0.25, -0.2) is 4.79 Å². The standard InChI is InChI=1S/C18H30F3N3O5/c1-9(2)12(14(25)18(19,20)21)22-15(26)11-7-6-8-24(11)16(27)13(10(3)4)23-17(28)29-5/h9-14,25H,6-8H2,1-5H3,(H,22,26)(H,23,28)/t11-,12+,13?,14?/m0/s1. The van der Waals surface area contributed by atoms with Gasteiger partial charge in [0.1, 0.15) is 12.1 Å². The Morgan fingerprint density at radius 2 is 1.69 bits per heavy atom. The topological polar surface area (TPSA) is 108 Å². The van der Waals surface area contributed by atoms with Crippen LogP contribution in [0.1, 0.15) is 40.5 Å². The molecule has 0 aromatic heterocycles. The summed E-state index contributed by atoms with van der Waals surface area (Å²) in [5, 5.41) is 14.3. The van der Waals surface area contributed by atoms with E-state index in [-0.39, 0.29) is 18.9 Å². The Bertz CT molecular complexity index is 598. The van der Waals surface area contributed by atoms with Gasteiger partial charge >= 0.3 is 12.3 Å². The van der Waals surface area contributed by atoms with E-state index in [2.05, 4.69) is 15.4 Å². The Hall–Kier alpha value is -2.04. The van der Waals surface area contributed by atoms with Crippen molar-refractivity contribution in [2.24, 2.45) is 11.8 Å². The van der Waals surface area contributed by atoms with E-state index in [4.69, 9.17) is 0 Å². The van der Waals surface area contributed by atoms with Crippen LogP contribution in [-0.4, -0.2) is 72.0 Å². The molecule has 1 aliphatic heterocycles. The minimum Gasteiger partial charge on any atom is -0.453 e. The summed E-state index contributed by atoms with van der Waals surface area (Å²) in [6.45, 7) is 6.55. The average molecular weight is 425 g/mol. The van der Waals surface area contributed by atoms with Crippen LogP contribution in [0, 0.1) is 11.8 Å². The van der Waals surface area contributed by atoms with Crippen molar-refractivity contribution in [2.45, 2.75) is 70.9 Å². The van der Waals surface area contributed by atoms with Gasteiger partial charge in [0, 0.05) is 6.54 Å². The maximum atomic E-state index is 12.9. The van der Waals surface area contributed by atoms with E-state index in [1.165, 1.54) is 18.7 Å². The molecule has 1 saturated heterocycles. The first-order valence-corrected chi connectivity index (χ1v) is 9.51. The molecule has 1 aliphatic rings. The molecule has 0 bridgehead atoms. The summed E-state index contributed by atoms with van der Waals surface area (Å²) >= 11 is 0. The van der Waals surface area contributed by atoms with Crippen LogP contribution >= 0.6 is 0 Å². The fraction of sp³-hybridized carbons (Fsp3) is 0.833. The summed E-state index contributed by atoms with van der Waals surface area (Å²) in [5.74, 6) is -2.27. The third-order valence-electron chi connectivity index (χ3n) is 4.93. The first kappa shape index (κ1) is 25.0. The highest BCUT2D eigenvalue weighted by atomic mass is 19.4. The molecule has 1 heterocycles. The lowest BCUT2D eigenvalue weighted by Gasteiger charge is -2.33. The number of nitrogens with one attached hydrogen (secondary N) is 2. The first-order chi connectivity index (χ1) is 13.3. The van der Waals surface area contributed by atoms with Gasteiger partial charge in [-0.05, 0) is 24.7 Å². The molecule has 2 unspecified atom stereocenters. The largest absolute Gasteiger partial charge is 0.453 e. The predicted octanol–water partition coefficient (Wildman–Crippen LogP) is 1.42. The molecule has 8 nitrogen and oxygen atoms in total. The van der Waals surface area contributed by atoms with Crippen molar-refractivity contribution >= 4 is 17.9 Å². The minimum absolute atomic E-state index is 0.233. The Kier molecular flexibility index (Phi) is 8.73. The van der Waals surface area contributed by atoms with E-state index in [0.717, 1.165) is 7.11 Å². The molecule has 0 radical (unpaired) electrons. The Labute approximate surface area is 168 Å². The van der Waals surface area contributed by atoms with Gasteiger partial charge in [0.2, 0.25) is 11.8 Å². The van der Waals surface area contributed by atoms with Crippen molar-refractivity contribution in [2.75, 3.05) is 13.7 Å². The number of hydrogen-bond acceptors (Lipinski definition) is 5.